The van der Waals surface area contributed by atoms with Crippen LogP contribution in [0.2, 0.25) is 0 Å². The van der Waals surface area contributed by atoms with E-state index in [9.17, 15) is 4.79 Å². The van der Waals surface area contributed by atoms with Crippen molar-refractivity contribution in [2.24, 2.45) is 12.9 Å². The van der Waals surface area contributed by atoms with E-state index >= 15 is 0 Å². The normalized spacial score (nSPS) is 10.1. The SMILES string of the molecule is Cn1cnc(CNC(=O)c2ccnc(NN)c2)n1. The highest BCUT2D eigenvalue weighted by Gasteiger charge is 2.07. The predicted octanol–water partition coefficient (Wildman–Crippen LogP) is -0.574. The molecule has 0 fully saturated rings. The first-order chi connectivity index (χ1) is 8.69. The summed E-state index contributed by atoms with van der Waals surface area (Å²) in [5.74, 6) is 5.97. The van der Waals surface area contributed by atoms with Crippen molar-refractivity contribution in [1.82, 2.24) is 25.1 Å². The summed E-state index contributed by atoms with van der Waals surface area (Å²) in [7, 11) is 1.76. The van der Waals surface area contributed by atoms with E-state index in [-0.39, 0.29) is 12.5 Å². The number of nitrogens with zero attached hydrogens (tertiary/aromatic N) is 4. The Morgan fingerprint density at radius 3 is 3.00 bits per heavy atom. The van der Waals surface area contributed by atoms with Gasteiger partial charge in [-0.3, -0.25) is 9.48 Å². The number of aromatic nitrogens is 4. The van der Waals surface area contributed by atoms with E-state index in [1.807, 2.05) is 0 Å². The first-order valence-corrected chi connectivity index (χ1v) is 5.24. The van der Waals surface area contributed by atoms with Gasteiger partial charge in [-0.2, -0.15) is 5.10 Å². The molecule has 4 N–H and O–H groups in total. The van der Waals surface area contributed by atoms with Gasteiger partial charge in [-0.1, -0.05) is 0 Å². The summed E-state index contributed by atoms with van der Waals surface area (Å²) in [6, 6.07) is 3.16. The van der Waals surface area contributed by atoms with Gasteiger partial charge in [-0.05, 0) is 12.1 Å². The highest BCUT2D eigenvalue weighted by molar-refractivity contribution is 5.94. The molecule has 0 unspecified atom stereocenters. The number of anilines is 1. The number of nitrogen functional groups attached to an aromatic ring is 1. The maximum absolute atomic E-state index is 11.8. The maximum Gasteiger partial charge on any atom is 0.251 e. The molecule has 2 aromatic rings. The lowest BCUT2D eigenvalue weighted by molar-refractivity contribution is 0.0950. The molecule has 8 heteroatoms. The van der Waals surface area contributed by atoms with Crippen LogP contribution < -0.4 is 16.6 Å². The Hall–Kier alpha value is -2.48. The lowest BCUT2D eigenvalue weighted by Gasteiger charge is -2.04. The first-order valence-electron chi connectivity index (χ1n) is 5.24. The Bertz CT molecular complexity index is 551. The number of pyridine rings is 1. The molecule has 0 radical (unpaired) electrons. The average Bonchev–Trinajstić information content (AvgIpc) is 2.82. The summed E-state index contributed by atoms with van der Waals surface area (Å²) < 4.78 is 1.57. The van der Waals surface area contributed by atoms with E-state index in [1.165, 1.54) is 6.20 Å². The minimum Gasteiger partial charge on any atom is -0.345 e. The second kappa shape index (κ2) is 5.23. The van der Waals surface area contributed by atoms with Crippen LogP contribution in [0.5, 0.6) is 0 Å². The Morgan fingerprint density at radius 1 is 1.50 bits per heavy atom. The molecule has 2 aromatic heterocycles. The van der Waals surface area contributed by atoms with Crippen molar-refractivity contribution in [3.05, 3.63) is 36.0 Å². The van der Waals surface area contributed by atoms with Crippen molar-refractivity contribution in [3.63, 3.8) is 0 Å². The van der Waals surface area contributed by atoms with Crippen LogP contribution in [0.1, 0.15) is 16.2 Å². The molecule has 0 saturated heterocycles. The molecule has 2 rings (SSSR count). The van der Waals surface area contributed by atoms with Crippen molar-refractivity contribution in [2.45, 2.75) is 6.54 Å². The third-order valence-corrected chi connectivity index (χ3v) is 2.22. The van der Waals surface area contributed by atoms with Gasteiger partial charge in [0.15, 0.2) is 5.82 Å². The van der Waals surface area contributed by atoms with Crippen molar-refractivity contribution in [3.8, 4) is 0 Å². The van der Waals surface area contributed by atoms with Crippen molar-refractivity contribution >= 4 is 11.7 Å². The molecule has 0 aliphatic carbocycles. The Morgan fingerprint density at radius 2 is 2.33 bits per heavy atom. The summed E-state index contributed by atoms with van der Waals surface area (Å²) in [6.07, 6.45) is 3.08. The number of amides is 1. The Kier molecular flexibility index (Phi) is 3.49. The number of carbonyl (C=O) groups is 1. The lowest BCUT2D eigenvalue weighted by Crippen LogP contribution is -2.24. The standard InChI is InChI=1S/C10H13N7O/c1-17-6-14-9(16-17)5-13-10(18)7-2-3-12-8(4-7)15-11/h2-4,6H,5,11H2,1H3,(H,12,15)(H,13,18). The Labute approximate surface area is 103 Å². The number of hydrogen-bond donors (Lipinski definition) is 3. The van der Waals surface area contributed by atoms with Gasteiger partial charge in [0.2, 0.25) is 0 Å². The van der Waals surface area contributed by atoms with Gasteiger partial charge in [0, 0.05) is 18.8 Å². The second-order valence-corrected chi connectivity index (χ2v) is 3.59. The largest absolute Gasteiger partial charge is 0.345 e. The van der Waals surface area contributed by atoms with Crippen molar-refractivity contribution < 1.29 is 4.79 Å². The van der Waals surface area contributed by atoms with Crippen molar-refractivity contribution in [2.75, 3.05) is 5.43 Å². The third kappa shape index (κ3) is 2.80. The fourth-order valence-electron chi connectivity index (χ4n) is 1.38. The number of nitrogens with two attached hydrogens (primary N) is 1. The van der Waals surface area contributed by atoms with Gasteiger partial charge in [-0.25, -0.2) is 15.8 Å². The van der Waals surface area contributed by atoms with Crippen LogP contribution in [-0.2, 0) is 13.6 Å². The molecule has 8 nitrogen and oxygen atoms in total. The van der Waals surface area contributed by atoms with E-state index in [4.69, 9.17) is 5.84 Å². The molecule has 0 aliphatic heterocycles. The van der Waals surface area contributed by atoms with Crippen molar-refractivity contribution in [1.29, 1.82) is 0 Å². The topological polar surface area (TPSA) is 111 Å². The molecule has 0 saturated carbocycles. The molecule has 18 heavy (non-hydrogen) atoms. The van der Waals surface area contributed by atoms with Crippen LogP contribution in [0.25, 0.3) is 0 Å². The minimum absolute atomic E-state index is 0.235. The quantitative estimate of drug-likeness (QED) is 0.492. The van der Waals surface area contributed by atoms with E-state index in [1.54, 1.807) is 30.2 Å². The molecule has 0 aliphatic rings. The average molecular weight is 247 g/mol. The Balaban J connectivity index is 1.99. The smallest absolute Gasteiger partial charge is 0.251 e. The molecule has 0 atom stereocenters. The molecule has 0 aromatic carbocycles. The maximum atomic E-state index is 11.8. The van der Waals surface area contributed by atoms with Gasteiger partial charge in [0.1, 0.15) is 12.1 Å². The van der Waals surface area contributed by atoms with Crippen LogP contribution in [0.15, 0.2) is 24.7 Å². The molecule has 1 amide bonds. The van der Waals surface area contributed by atoms with Crippen LogP contribution in [0, 0.1) is 0 Å². The molecular weight excluding hydrogens is 234 g/mol. The molecule has 2 heterocycles. The van der Waals surface area contributed by atoms with Crippen LogP contribution in [0.3, 0.4) is 0 Å². The van der Waals surface area contributed by atoms with Crippen LogP contribution in [0.4, 0.5) is 5.82 Å². The highest BCUT2D eigenvalue weighted by atomic mass is 16.1. The number of rotatable bonds is 4. The zero-order valence-corrected chi connectivity index (χ0v) is 9.79. The predicted molar refractivity (Wildman–Crippen MR) is 64.2 cm³/mol. The monoisotopic (exact) mass is 247 g/mol. The molecule has 0 bridgehead atoms. The number of carbonyl (C=O) groups excluding carboxylic acids is 1. The summed E-state index contributed by atoms with van der Waals surface area (Å²) in [5.41, 5.74) is 2.85. The fourth-order valence-corrected chi connectivity index (χ4v) is 1.38. The first kappa shape index (κ1) is 12.0. The fraction of sp³-hybridized carbons (Fsp3) is 0.200. The van der Waals surface area contributed by atoms with Gasteiger partial charge in [0.05, 0.1) is 6.54 Å². The summed E-state index contributed by atoms with van der Waals surface area (Å²) in [5, 5.41) is 6.76. The van der Waals surface area contributed by atoms with E-state index in [2.05, 4.69) is 25.8 Å². The second-order valence-electron chi connectivity index (χ2n) is 3.59. The van der Waals surface area contributed by atoms with Gasteiger partial charge in [0.25, 0.3) is 5.91 Å². The molecule has 0 spiro atoms. The zero-order valence-electron chi connectivity index (χ0n) is 9.79. The van der Waals surface area contributed by atoms with Gasteiger partial charge < -0.3 is 10.7 Å². The van der Waals surface area contributed by atoms with E-state index in [0.29, 0.717) is 17.2 Å². The van der Waals surface area contributed by atoms with Crippen LogP contribution >= 0.6 is 0 Å². The summed E-state index contributed by atoms with van der Waals surface area (Å²) >= 11 is 0. The number of hydrogen-bond acceptors (Lipinski definition) is 6. The third-order valence-electron chi connectivity index (χ3n) is 2.22. The molecule has 94 valence electrons. The number of aryl methyl sites for hydroxylation is 1. The summed E-state index contributed by atoms with van der Waals surface area (Å²) in [4.78, 5) is 19.7. The van der Waals surface area contributed by atoms with E-state index < -0.39 is 0 Å². The lowest BCUT2D eigenvalue weighted by atomic mass is 10.2. The minimum atomic E-state index is -0.235. The van der Waals surface area contributed by atoms with E-state index in [0.717, 1.165) is 0 Å². The van der Waals surface area contributed by atoms with Crippen LogP contribution in [-0.4, -0.2) is 25.7 Å². The van der Waals surface area contributed by atoms with Gasteiger partial charge >= 0.3 is 0 Å². The number of hydrazine groups is 1. The zero-order chi connectivity index (χ0) is 13.0. The number of nitrogens with one attached hydrogen (secondary N) is 2. The summed E-state index contributed by atoms with van der Waals surface area (Å²) in [6.45, 7) is 0.271. The molecular formula is C10H13N7O. The highest BCUT2D eigenvalue weighted by Crippen LogP contribution is 2.05. The van der Waals surface area contributed by atoms with Gasteiger partial charge in [-0.15, -0.1) is 0 Å².